The SMILES string of the molecule is CC(C)(C)OC(=O)N1CCCC(c2cncc(-c3cccc(C(=O)O)c3)n2)C1. The van der Waals surface area contributed by atoms with Crippen LogP contribution in [0.4, 0.5) is 4.79 Å². The summed E-state index contributed by atoms with van der Waals surface area (Å²) in [5.41, 5.74) is 1.80. The molecule has 1 unspecified atom stereocenters. The molecule has 0 aliphatic carbocycles. The number of aromatic carboxylic acids is 1. The van der Waals surface area contributed by atoms with Crippen molar-refractivity contribution in [2.75, 3.05) is 13.1 Å². The molecule has 1 N–H and O–H groups in total. The first-order chi connectivity index (χ1) is 13.2. The minimum absolute atomic E-state index is 0.0661. The molecule has 0 saturated carbocycles. The average Bonchev–Trinajstić information content (AvgIpc) is 2.67. The van der Waals surface area contributed by atoms with E-state index in [9.17, 15) is 14.7 Å². The molecule has 28 heavy (non-hydrogen) atoms. The molecule has 1 fully saturated rings. The van der Waals surface area contributed by atoms with Crippen molar-refractivity contribution < 1.29 is 19.4 Å². The molecule has 3 rings (SSSR count). The Hall–Kier alpha value is -2.96. The van der Waals surface area contributed by atoms with Crippen molar-refractivity contribution in [3.05, 3.63) is 47.9 Å². The van der Waals surface area contributed by atoms with Crippen LogP contribution in [0.1, 0.15) is 55.6 Å². The quantitative estimate of drug-likeness (QED) is 0.862. The number of aromatic nitrogens is 2. The molecule has 1 aromatic carbocycles. The number of amides is 1. The van der Waals surface area contributed by atoms with Gasteiger partial charge in [0.25, 0.3) is 0 Å². The van der Waals surface area contributed by atoms with Crippen LogP contribution in [-0.2, 0) is 4.74 Å². The monoisotopic (exact) mass is 383 g/mol. The number of likely N-dealkylation sites (tertiary alicyclic amines) is 1. The fraction of sp³-hybridized carbons (Fsp3) is 0.429. The number of benzene rings is 1. The Labute approximate surface area is 164 Å². The Balaban J connectivity index is 1.79. The second-order valence-corrected chi connectivity index (χ2v) is 7.98. The van der Waals surface area contributed by atoms with E-state index in [-0.39, 0.29) is 17.6 Å². The number of carbonyl (C=O) groups excluding carboxylic acids is 1. The number of piperidine rings is 1. The Morgan fingerprint density at radius 1 is 1.25 bits per heavy atom. The van der Waals surface area contributed by atoms with Crippen molar-refractivity contribution in [2.24, 2.45) is 0 Å². The van der Waals surface area contributed by atoms with E-state index in [0.29, 0.717) is 24.3 Å². The summed E-state index contributed by atoms with van der Waals surface area (Å²) in [6.07, 6.45) is 4.80. The molecule has 1 aliphatic heterocycles. The zero-order valence-corrected chi connectivity index (χ0v) is 16.4. The Kier molecular flexibility index (Phi) is 5.63. The highest BCUT2D eigenvalue weighted by Crippen LogP contribution is 2.28. The summed E-state index contributed by atoms with van der Waals surface area (Å²) in [6.45, 7) is 6.76. The summed E-state index contributed by atoms with van der Waals surface area (Å²) in [7, 11) is 0. The number of nitrogens with zero attached hydrogens (tertiary/aromatic N) is 3. The van der Waals surface area contributed by atoms with Crippen LogP contribution in [0.3, 0.4) is 0 Å². The van der Waals surface area contributed by atoms with Gasteiger partial charge < -0.3 is 14.7 Å². The van der Waals surface area contributed by atoms with E-state index in [0.717, 1.165) is 18.5 Å². The molecule has 7 nitrogen and oxygen atoms in total. The van der Waals surface area contributed by atoms with E-state index >= 15 is 0 Å². The predicted octanol–water partition coefficient (Wildman–Crippen LogP) is 3.96. The average molecular weight is 383 g/mol. The van der Waals surface area contributed by atoms with E-state index in [1.54, 1.807) is 35.5 Å². The van der Waals surface area contributed by atoms with Gasteiger partial charge >= 0.3 is 12.1 Å². The molecule has 2 aromatic rings. The Morgan fingerprint density at radius 3 is 2.75 bits per heavy atom. The van der Waals surface area contributed by atoms with E-state index in [1.165, 1.54) is 0 Å². The number of rotatable bonds is 3. The van der Waals surface area contributed by atoms with Gasteiger partial charge in [0.15, 0.2) is 0 Å². The Morgan fingerprint density at radius 2 is 2.04 bits per heavy atom. The maximum atomic E-state index is 12.4. The van der Waals surface area contributed by atoms with Gasteiger partial charge in [0, 0.05) is 30.8 Å². The largest absolute Gasteiger partial charge is 0.478 e. The van der Waals surface area contributed by atoms with Crippen molar-refractivity contribution in [1.82, 2.24) is 14.9 Å². The summed E-state index contributed by atoms with van der Waals surface area (Å²) in [5, 5.41) is 9.19. The first kappa shape index (κ1) is 19.8. The van der Waals surface area contributed by atoms with Gasteiger partial charge in [-0.25, -0.2) is 14.6 Å². The van der Waals surface area contributed by atoms with Crippen LogP contribution in [0.15, 0.2) is 36.7 Å². The fourth-order valence-corrected chi connectivity index (χ4v) is 3.24. The number of hydrogen-bond acceptors (Lipinski definition) is 5. The lowest BCUT2D eigenvalue weighted by Crippen LogP contribution is -2.42. The lowest BCUT2D eigenvalue weighted by atomic mass is 9.95. The number of hydrogen-bond donors (Lipinski definition) is 1. The molecule has 0 radical (unpaired) electrons. The van der Waals surface area contributed by atoms with Crippen molar-refractivity contribution in [3.63, 3.8) is 0 Å². The lowest BCUT2D eigenvalue weighted by molar-refractivity contribution is 0.0197. The van der Waals surface area contributed by atoms with Gasteiger partial charge in [0.2, 0.25) is 0 Å². The van der Waals surface area contributed by atoms with Crippen LogP contribution in [0.25, 0.3) is 11.3 Å². The van der Waals surface area contributed by atoms with Gasteiger partial charge in [0.05, 0.1) is 23.1 Å². The van der Waals surface area contributed by atoms with Gasteiger partial charge in [-0.05, 0) is 45.7 Å². The molecule has 1 atom stereocenters. The highest BCUT2D eigenvalue weighted by atomic mass is 16.6. The predicted molar refractivity (Wildman–Crippen MR) is 104 cm³/mol. The van der Waals surface area contributed by atoms with Gasteiger partial charge in [-0.15, -0.1) is 0 Å². The molecule has 0 spiro atoms. The second-order valence-electron chi connectivity index (χ2n) is 7.98. The van der Waals surface area contributed by atoms with Gasteiger partial charge in [0.1, 0.15) is 5.60 Å². The van der Waals surface area contributed by atoms with Crippen molar-refractivity contribution in [1.29, 1.82) is 0 Å². The van der Waals surface area contributed by atoms with Crippen LogP contribution in [0.2, 0.25) is 0 Å². The van der Waals surface area contributed by atoms with Gasteiger partial charge in [-0.3, -0.25) is 4.98 Å². The molecule has 1 amide bonds. The smallest absolute Gasteiger partial charge is 0.410 e. The maximum Gasteiger partial charge on any atom is 0.410 e. The van der Waals surface area contributed by atoms with E-state index in [4.69, 9.17) is 9.72 Å². The van der Waals surface area contributed by atoms with Crippen molar-refractivity contribution in [3.8, 4) is 11.3 Å². The molecule has 148 valence electrons. The third kappa shape index (κ3) is 4.85. The topological polar surface area (TPSA) is 92.6 Å². The standard InChI is InChI=1S/C21H25N3O4/c1-21(2,3)28-20(27)24-9-5-8-16(13-24)18-12-22-11-17(23-18)14-6-4-7-15(10-14)19(25)26/h4,6-7,10-12,16H,5,8-9,13H2,1-3H3,(H,25,26). The zero-order chi connectivity index (χ0) is 20.3. The number of carbonyl (C=O) groups is 2. The van der Waals surface area contributed by atoms with Crippen LogP contribution in [-0.4, -0.2) is 50.7 Å². The van der Waals surface area contributed by atoms with Gasteiger partial charge in [-0.2, -0.15) is 0 Å². The molecule has 1 saturated heterocycles. The molecular weight excluding hydrogens is 358 g/mol. The number of carboxylic acid groups (broad SMARTS) is 1. The minimum Gasteiger partial charge on any atom is -0.478 e. The molecule has 2 heterocycles. The summed E-state index contributed by atoms with van der Waals surface area (Å²) >= 11 is 0. The summed E-state index contributed by atoms with van der Waals surface area (Å²) in [4.78, 5) is 34.3. The first-order valence-corrected chi connectivity index (χ1v) is 9.36. The maximum absolute atomic E-state index is 12.4. The fourth-order valence-electron chi connectivity index (χ4n) is 3.24. The van der Waals surface area contributed by atoms with Crippen molar-refractivity contribution in [2.45, 2.75) is 45.1 Å². The second kappa shape index (κ2) is 7.96. The molecule has 1 aliphatic rings. The molecular formula is C21H25N3O4. The third-order valence-corrected chi connectivity index (χ3v) is 4.55. The van der Waals surface area contributed by atoms with Gasteiger partial charge in [-0.1, -0.05) is 12.1 Å². The van der Waals surface area contributed by atoms with Crippen LogP contribution in [0, 0.1) is 0 Å². The van der Waals surface area contributed by atoms with Crippen LogP contribution < -0.4 is 0 Å². The minimum atomic E-state index is -0.980. The van der Waals surface area contributed by atoms with Crippen LogP contribution in [0.5, 0.6) is 0 Å². The summed E-state index contributed by atoms with van der Waals surface area (Å²) in [6, 6.07) is 6.64. The van der Waals surface area contributed by atoms with Crippen molar-refractivity contribution >= 4 is 12.1 Å². The summed E-state index contributed by atoms with van der Waals surface area (Å²) in [5.74, 6) is -0.914. The molecule has 7 heteroatoms. The normalized spacial score (nSPS) is 17.2. The lowest BCUT2D eigenvalue weighted by Gasteiger charge is -2.33. The van der Waals surface area contributed by atoms with E-state index in [2.05, 4.69) is 4.98 Å². The zero-order valence-electron chi connectivity index (χ0n) is 16.4. The highest BCUT2D eigenvalue weighted by Gasteiger charge is 2.29. The highest BCUT2D eigenvalue weighted by molar-refractivity contribution is 5.89. The number of carboxylic acids is 1. The molecule has 1 aromatic heterocycles. The van der Waals surface area contributed by atoms with E-state index in [1.807, 2.05) is 26.8 Å². The summed E-state index contributed by atoms with van der Waals surface area (Å²) < 4.78 is 5.49. The Bertz CT molecular complexity index is 876. The van der Waals surface area contributed by atoms with Crippen LogP contribution >= 0.6 is 0 Å². The molecule has 0 bridgehead atoms. The third-order valence-electron chi connectivity index (χ3n) is 4.55. The number of ether oxygens (including phenoxy) is 1. The first-order valence-electron chi connectivity index (χ1n) is 9.36. The van der Waals surface area contributed by atoms with E-state index < -0.39 is 11.6 Å².